The fraction of sp³-hybridized carbons (Fsp3) is 0.400. The minimum absolute atomic E-state index is 0.185. The van der Waals surface area contributed by atoms with E-state index in [1.807, 2.05) is 12.1 Å². The number of nitrogens with two attached hydrogens (primary N) is 1. The van der Waals surface area contributed by atoms with Gasteiger partial charge in [0.15, 0.2) is 0 Å². The van der Waals surface area contributed by atoms with Gasteiger partial charge in [0.2, 0.25) is 5.91 Å². The molecule has 94 valence electrons. The summed E-state index contributed by atoms with van der Waals surface area (Å²) in [4.78, 5) is 13.9. The van der Waals surface area contributed by atoms with E-state index >= 15 is 0 Å². The average molecular weight is 242 g/mol. The molecule has 0 saturated carbocycles. The fourth-order valence-corrected chi connectivity index (χ4v) is 3.08. The molecule has 0 bridgehead atoms. The van der Waals surface area contributed by atoms with Gasteiger partial charge in [0.25, 0.3) is 0 Å². The lowest BCUT2D eigenvalue weighted by Crippen LogP contribution is -2.47. The van der Waals surface area contributed by atoms with E-state index in [1.165, 1.54) is 17.7 Å². The number of hydrogen-bond acceptors (Lipinski definition) is 2. The molecule has 3 nitrogen and oxygen atoms in total. The summed E-state index contributed by atoms with van der Waals surface area (Å²) in [5, 5.41) is 0. The standard InChI is InChI=1S/C15H18N2O/c16-15(18)14-10-11-6-4-5-9-13(11)17(14)12-7-2-1-3-8-12/h2,4-7,9,12,14H,1,3,8,10H2,(H2,16,18)/t12?,14-/m0/s1. The summed E-state index contributed by atoms with van der Waals surface area (Å²) >= 11 is 0. The summed E-state index contributed by atoms with van der Waals surface area (Å²) in [5.74, 6) is -0.217. The molecule has 1 aliphatic heterocycles. The highest BCUT2D eigenvalue weighted by Crippen LogP contribution is 2.35. The van der Waals surface area contributed by atoms with Crippen LogP contribution in [-0.2, 0) is 11.2 Å². The highest BCUT2D eigenvalue weighted by Gasteiger charge is 2.36. The molecule has 0 fully saturated rings. The fourth-order valence-electron chi connectivity index (χ4n) is 3.08. The molecule has 2 aliphatic rings. The number of allylic oxidation sites excluding steroid dienone is 1. The third-order valence-corrected chi connectivity index (χ3v) is 3.93. The quantitative estimate of drug-likeness (QED) is 0.806. The first kappa shape index (κ1) is 11.3. The van der Waals surface area contributed by atoms with Crippen LogP contribution in [0.15, 0.2) is 36.4 Å². The van der Waals surface area contributed by atoms with E-state index in [1.54, 1.807) is 0 Å². The van der Waals surface area contributed by atoms with Gasteiger partial charge in [-0.15, -0.1) is 0 Å². The highest BCUT2D eigenvalue weighted by molar-refractivity contribution is 5.87. The molecule has 0 spiro atoms. The van der Waals surface area contributed by atoms with Crippen LogP contribution in [0, 0.1) is 0 Å². The summed E-state index contributed by atoms with van der Waals surface area (Å²) in [6.45, 7) is 0. The lowest BCUT2D eigenvalue weighted by atomic mass is 10.00. The molecule has 1 aromatic carbocycles. The Kier molecular flexibility index (Phi) is 2.82. The van der Waals surface area contributed by atoms with Crippen molar-refractivity contribution in [3.63, 3.8) is 0 Å². The van der Waals surface area contributed by atoms with Crippen molar-refractivity contribution in [2.24, 2.45) is 5.73 Å². The van der Waals surface area contributed by atoms with Crippen LogP contribution in [0.4, 0.5) is 5.69 Å². The van der Waals surface area contributed by atoms with Crippen LogP contribution in [0.5, 0.6) is 0 Å². The van der Waals surface area contributed by atoms with Crippen molar-refractivity contribution >= 4 is 11.6 Å². The Hall–Kier alpha value is -1.77. The maximum Gasteiger partial charge on any atom is 0.240 e. The maximum absolute atomic E-state index is 11.7. The molecule has 1 unspecified atom stereocenters. The molecular formula is C15H18N2O. The summed E-state index contributed by atoms with van der Waals surface area (Å²) < 4.78 is 0. The lowest BCUT2D eigenvalue weighted by Gasteiger charge is -2.34. The smallest absolute Gasteiger partial charge is 0.240 e. The predicted octanol–water partition coefficient (Wildman–Crippen LogP) is 2.01. The van der Waals surface area contributed by atoms with Crippen molar-refractivity contribution in [3.8, 4) is 0 Å². The topological polar surface area (TPSA) is 46.3 Å². The van der Waals surface area contributed by atoms with Crippen LogP contribution < -0.4 is 10.6 Å². The van der Waals surface area contributed by atoms with E-state index in [2.05, 4.69) is 29.2 Å². The zero-order valence-corrected chi connectivity index (χ0v) is 10.4. The molecule has 2 atom stereocenters. The average Bonchev–Trinajstić information content (AvgIpc) is 2.79. The second-order valence-electron chi connectivity index (χ2n) is 5.08. The molecule has 0 saturated heterocycles. The number of amides is 1. The molecule has 1 amide bonds. The van der Waals surface area contributed by atoms with Crippen LogP contribution in [-0.4, -0.2) is 18.0 Å². The van der Waals surface area contributed by atoms with E-state index in [-0.39, 0.29) is 11.9 Å². The molecule has 1 heterocycles. The number of carbonyl (C=O) groups excluding carboxylic acids is 1. The summed E-state index contributed by atoms with van der Waals surface area (Å²) in [7, 11) is 0. The third-order valence-electron chi connectivity index (χ3n) is 3.93. The largest absolute Gasteiger partial charge is 0.368 e. The number of carbonyl (C=O) groups is 1. The van der Waals surface area contributed by atoms with E-state index in [4.69, 9.17) is 5.73 Å². The maximum atomic E-state index is 11.7. The van der Waals surface area contributed by atoms with Gasteiger partial charge in [-0.05, 0) is 30.9 Å². The zero-order valence-electron chi connectivity index (χ0n) is 10.4. The number of benzene rings is 1. The minimum Gasteiger partial charge on any atom is -0.368 e. The second-order valence-corrected chi connectivity index (χ2v) is 5.08. The van der Waals surface area contributed by atoms with Crippen molar-refractivity contribution in [1.29, 1.82) is 0 Å². The molecule has 1 aromatic rings. The van der Waals surface area contributed by atoms with Crippen LogP contribution >= 0.6 is 0 Å². The predicted molar refractivity (Wildman–Crippen MR) is 72.4 cm³/mol. The van der Waals surface area contributed by atoms with Gasteiger partial charge in [0.1, 0.15) is 6.04 Å². The number of fused-ring (bicyclic) bond motifs is 1. The van der Waals surface area contributed by atoms with Crippen LogP contribution in [0.25, 0.3) is 0 Å². The number of anilines is 1. The van der Waals surface area contributed by atoms with E-state index in [9.17, 15) is 4.79 Å². The van der Waals surface area contributed by atoms with Gasteiger partial charge in [-0.3, -0.25) is 4.79 Å². The molecule has 3 heteroatoms. The monoisotopic (exact) mass is 242 g/mol. The Morgan fingerprint density at radius 1 is 1.33 bits per heavy atom. The minimum atomic E-state index is -0.217. The lowest BCUT2D eigenvalue weighted by molar-refractivity contribution is -0.119. The summed E-state index contributed by atoms with van der Waals surface area (Å²) in [5.41, 5.74) is 7.98. The number of rotatable bonds is 2. The molecular weight excluding hydrogens is 224 g/mol. The van der Waals surface area contributed by atoms with Crippen LogP contribution in [0.1, 0.15) is 24.8 Å². The zero-order chi connectivity index (χ0) is 12.5. The van der Waals surface area contributed by atoms with Crippen LogP contribution in [0.3, 0.4) is 0 Å². The number of para-hydroxylation sites is 1. The molecule has 3 rings (SSSR count). The number of nitrogens with zero attached hydrogens (tertiary/aromatic N) is 1. The van der Waals surface area contributed by atoms with Gasteiger partial charge in [0.05, 0.1) is 0 Å². The normalized spacial score (nSPS) is 26.1. The molecule has 0 radical (unpaired) electrons. The van der Waals surface area contributed by atoms with Crippen molar-refractivity contribution in [3.05, 3.63) is 42.0 Å². The first-order chi connectivity index (χ1) is 8.77. The van der Waals surface area contributed by atoms with Gasteiger partial charge in [-0.1, -0.05) is 30.4 Å². The van der Waals surface area contributed by atoms with E-state index in [0.29, 0.717) is 6.04 Å². The highest BCUT2D eigenvalue weighted by atomic mass is 16.1. The number of primary amides is 1. The van der Waals surface area contributed by atoms with Crippen LogP contribution in [0.2, 0.25) is 0 Å². The van der Waals surface area contributed by atoms with E-state index < -0.39 is 0 Å². The molecule has 2 N–H and O–H groups in total. The van der Waals surface area contributed by atoms with Crippen molar-refractivity contribution in [1.82, 2.24) is 0 Å². The van der Waals surface area contributed by atoms with Gasteiger partial charge < -0.3 is 10.6 Å². The molecule has 18 heavy (non-hydrogen) atoms. The Morgan fingerprint density at radius 3 is 2.89 bits per heavy atom. The Balaban J connectivity index is 1.99. The Labute approximate surface area is 107 Å². The SMILES string of the molecule is NC(=O)[C@@H]1Cc2ccccc2N1C1C=CCCC1. The van der Waals surface area contributed by atoms with Crippen molar-refractivity contribution in [2.45, 2.75) is 37.8 Å². The second kappa shape index (κ2) is 4.48. The first-order valence-corrected chi connectivity index (χ1v) is 6.59. The summed E-state index contributed by atoms with van der Waals surface area (Å²) in [6.07, 6.45) is 8.62. The van der Waals surface area contributed by atoms with Gasteiger partial charge in [-0.2, -0.15) is 0 Å². The van der Waals surface area contributed by atoms with Gasteiger partial charge in [-0.25, -0.2) is 0 Å². The first-order valence-electron chi connectivity index (χ1n) is 6.59. The van der Waals surface area contributed by atoms with Crippen molar-refractivity contribution in [2.75, 3.05) is 4.90 Å². The third kappa shape index (κ3) is 1.80. The Morgan fingerprint density at radius 2 is 2.17 bits per heavy atom. The number of hydrogen-bond donors (Lipinski definition) is 1. The van der Waals surface area contributed by atoms with E-state index in [0.717, 1.165) is 19.3 Å². The van der Waals surface area contributed by atoms with Gasteiger partial charge >= 0.3 is 0 Å². The van der Waals surface area contributed by atoms with Crippen molar-refractivity contribution < 1.29 is 4.79 Å². The molecule has 0 aromatic heterocycles. The molecule has 1 aliphatic carbocycles. The Bertz CT molecular complexity index is 495. The summed E-state index contributed by atoms with van der Waals surface area (Å²) in [6, 6.07) is 8.38. The van der Waals surface area contributed by atoms with Gasteiger partial charge in [0, 0.05) is 18.2 Å².